The molecule has 6 aromatic carbocycles. The van der Waals surface area contributed by atoms with E-state index in [1.165, 1.54) is 37.9 Å². The molecule has 2 nitrogen and oxygen atoms in total. The molecule has 0 bridgehead atoms. The van der Waals surface area contributed by atoms with E-state index in [1.807, 2.05) is 0 Å². The van der Waals surface area contributed by atoms with Crippen molar-refractivity contribution < 1.29 is 4.74 Å². The van der Waals surface area contributed by atoms with Crippen LogP contribution in [0.4, 0.5) is 17.1 Å². The second-order valence-corrected chi connectivity index (χ2v) is 10.1. The van der Waals surface area contributed by atoms with Gasteiger partial charge in [-0.3, -0.25) is 0 Å². The standard InChI is InChI=1S/C36H25NO/c1-2-11-25-22-27(21-20-24(25)10-1)37(33-18-9-17-32-31-16-7-8-19-35(31)38-36(32)33)34-23-26-12-3-4-13-28(26)29-14-5-6-15-30(29)34/h1-15,17-23,31H,16H2. The Bertz CT molecular complexity index is 1950. The van der Waals surface area contributed by atoms with Gasteiger partial charge in [-0.15, -0.1) is 0 Å². The highest BCUT2D eigenvalue weighted by atomic mass is 16.5. The summed E-state index contributed by atoms with van der Waals surface area (Å²) in [5.74, 6) is 2.27. The molecule has 0 amide bonds. The molecule has 2 aliphatic rings. The van der Waals surface area contributed by atoms with Gasteiger partial charge >= 0.3 is 0 Å². The Morgan fingerprint density at radius 3 is 2.26 bits per heavy atom. The average molecular weight is 488 g/mol. The maximum absolute atomic E-state index is 6.62. The van der Waals surface area contributed by atoms with Gasteiger partial charge in [0.05, 0.1) is 11.4 Å². The van der Waals surface area contributed by atoms with E-state index in [9.17, 15) is 0 Å². The highest BCUT2D eigenvalue weighted by Crippen LogP contribution is 2.53. The van der Waals surface area contributed by atoms with Crippen LogP contribution in [0, 0.1) is 0 Å². The third-order valence-electron chi connectivity index (χ3n) is 7.95. The van der Waals surface area contributed by atoms with Crippen LogP contribution >= 0.6 is 0 Å². The second kappa shape index (κ2) is 8.36. The molecule has 8 rings (SSSR count). The zero-order chi connectivity index (χ0) is 25.1. The van der Waals surface area contributed by atoms with E-state index in [4.69, 9.17) is 4.74 Å². The Balaban J connectivity index is 1.45. The zero-order valence-corrected chi connectivity index (χ0v) is 20.8. The number of benzene rings is 6. The summed E-state index contributed by atoms with van der Waals surface area (Å²) >= 11 is 0. The fourth-order valence-corrected chi connectivity index (χ4v) is 6.16. The molecule has 38 heavy (non-hydrogen) atoms. The molecular weight excluding hydrogens is 462 g/mol. The second-order valence-electron chi connectivity index (χ2n) is 10.1. The van der Waals surface area contributed by atoms with Gasteiger partial charge in [0.15, 0.2) is 5.75 Å². The van der Waals surface area contributed by atoms with Crippen LogP contribution in [0.15, 0.2) is 139 Å². The summed E-state index contributed by atoms with van der Waals surface area (Å²) < 4.78 is 6.62. The maximum atomic E-state index is 6.62. The molecule has 0 N–H and O–H groups in total. The van der Waals surface area contributed by atoms with Crippen LogP contribution in [0.1, 0.15) is 17.9 Å². The van der Waals surface area contributed by atoms with E-state index in [0.717, 1.165) is 35.0 Å². The van der Waals surface area contributed by atoms with Gasteiger partial charge in [0.1, 0.15) is 5.76 Å². The van der Waals surface area contributed by atoms with Crippen molar-refractivity contribution in [3.63, 3.8) is 0 Å². The first-order valence-electron chi connectivity index (χ1n) is 13.2. The number of fused-ring (bicyclic) bond motifs is 7. The minimum Gasteiger partial charge on any atom is -0.459 e. The summed E-state index contributed by atoms with van der Waals surface area (Å²) in [6, 6.07) is 41.6. The summed E-state index contributed by atoms with van der Waals surface area (Å²) in [6.07, 6.45) is 7.42. The summed E-state index contributed by atoms with van der Waals surface area (Å²) in [5.41, 5.74) is 4.58. The Morgan fingerprint density at radius 1 is 0.605 bits per heavy atom. The van der Waals surface area contributed by atoms with Gasteiger partial charge in [0.25, 0.3) is 0 Å². The summed E-state index contributed by atoms with van der Waals surface area (Å²) in [5, 5.41) is 7.41. The van der Waals surface area contributed by atoms with Gasteiger partial charge in [-0.1, -0.05) is 103 Å². The predicted octanol–water partition coefficient (Wildman–Crippen LogP) is 9.94. The minimum atomic E-state index is 0.279. The lowest BCUT2D eigenvalue weighted by molar-refractivity contribution is 0.426. The lowest BCUT2D eigenvalue weighted by Crippen LogP contribution is -2.12. The van der Waals surface area contributed by atoms with Crippen LogP contribution < -0.4 is 9.64 Å². The summed E-state index contributed by atoms with van der Waals surface area (Å²) in [7, 11) is 0. The SMILES string of the molecule is C1=CCC2C(=C1)Oc1c2cccc1N(c1ccc2ccccc2c1)c1cc2ccccc2c2ccccc12. The summed E-state index contributed by atoms with van der Waals surface area (Å²) in [6.45, 7) is 0. The Kier molecular flexibility index (Phi) is 4.68. The first-order chi connectivity index (χ1) is 18.8. The van der Waals surface area contributed by atoms with Crippen molar-refractivity contribution in [3.8, 4) is 5.75 Å². The van der Waals surface area contributed by atoms with Gasteiger partial charge in [-0.2, -0.15) is 0 Å². The average Bonchev–Trinajstić information content (AvgIpc) is 3.37. The first-order valence-corrected chi connectivity index (χ1v) is 13.2. The predicted molar refractivity (Wildman–Crippen MR) is 159 cm³/mol. The highest BCUT2D eigenvalue weighted by molar-refractivity contribution is 6.15. The van der Waals surface area contributed by atoms with Gasteiger partial charge in [0, 0.05) is 22.6 Å². The van der Waals surface area contributed by atoms with Crippen molar-refractivity contribution >= 4 is 49.4 Å². The monoisotopic (exact) mass is 487 g/mol. The van der Waals surface area contributed by atoms with Crippen molar-refractivity contribution in [1.82, 2.24) is 0 Å². The molecule has 1 aliphatic heterocycles. The topological polar surface area (TPSA) is 12.5 Å². The molecule has 1 aliphatic carbocycles. The smallest absolute Gasteiger partial charge is 0.154 e. The van der Waals surface area contributed by atoms with Gasteiger partial charge in [-0.25, -0.2) is 0 Å². The van der Waals surface area contributed by atoms with Gasteiger partial charge < -0.3 is 9.64 Å². The number of nitrogens with zero attached hydrogens (tertiary/aromatic N) is 1. The van der Waals surface area contributed by atoms with E-state index < -0.39 is 0 Å². The van der Waals surface area contributed by atoms with Crippen LogP contribution in [-0.2, 0) is 0 Å². The molecule has 1 atom stereocenters. The lowest BCUT2D eigenvalue weighted by Gasteiger charge is -2.29. The third-order valence-corrected chi connectivity index (χ3v) is 7.95. The highest BCUT2D eigenvalue weighted by Gasteiger charge is 2.33. The molecule has 0 fully saturated rings. The van der Waals surface area contributed by atoms with Crippen molar-refractivity contribution in [1.29, 1.82) is 0 Å². The number of ether oxygens (including phenoxy) is 1. The molecule has 1 unspecified atom stereocenters. The van der Waals surface area contributed by atoms with E-state index >= 15 is 0 Å². The minimum absolute atomic E-state index is 0.279. The van der Waals surface area contributed by atoms with Crippen molar-refractivity contribution in [2.24, 2.45) is 0 Å². The van der Waals surface area contributed by atoms with Crippen molar-refractivity contribution in [2.75, 3.05) is 4.90 Å². The number of allylic oxidation sites excluding steroid dienone is 4. The van der Waals surface area contributed by atoms with Crippen LogP contribution in [0.2, 0.25) is 0 Å². The molecule has 180 valence electrons. The fourth-order valence-electron chi connectivity index (χ4n) is 6.16. The zero-order valence-electron chi connectivity index (χ0n) is 20.8. The quantitative estimate of drug-likeness (QED) is 0.230. The molecule has 0 saturated carbocycles. The number of hydrogen-bond donors (Lipinski definition) is 0. The van der Waals surface area contributed by atoms with Gasteiger partial charge in [-0.05, 0) is 63.7 Å². The van der Waals surface area contributed by atoms with Crippen LogP contribution in [0.5, 0.6) is 5.75 Å². The number of para-hydroxylation sites is 1. The molecule has 6 aromatic rings. The molecular formula is C36H25NO. The molecule has 1 heterocycles. The van der Waals surface area contributed by atoms with E-state index in [0.29, 0.717) is 0 Å². The fraction of sp³-hybridized carbons (Fsp3) is 0.0556. The lowest BCUT2D eigenvalue weighted by atomic mass is 9.92. The number of rotatable bonds is 3. The van der Waals surface area contributed by atoms with Crippen molar-refractivity contribution in [2.45, 2.75) is 12.3 Å². The molecule has 0 radical (unpaired) electrons. The summed E-state index contributed by atoms with van der Waals surface area (Å²) in [4.78, 5) is 2.39. The van der Waals surface area contributed by atoms with Crippen LogP contribution in [-0.4, -0.2) is 0 Å². The Morgan fingerprint density at radius 2 is 1.37 bits per heavy atom. The van der Waals surface area contributed by atoms with Crippen molar-refractivity contribution in [3.05, 3.63) is 145 Å². The first kappa shape index (κ1) is 21.3. The Hall–Kier alpha value is -4.82. The van der Waals surface area contributed by atoms with E-state index in [1.54, 1.807) is 0 Å². The largest absolute Gasteiger partial charge is 0.459 e. The number of anilines is 3. The van der Waals surface area contributed by atoms with Crippen LogP contribution in [0.25, 0.3) is 32.3 Å². The molecule has 0 aromatic heterocycles. The maximum Gasteiger partial charge on any atom is 0.154 e. The van der Waals surface area contributed by atoms with Gasteiger partial charge in [0.2, 0.25) is 0 Å². The molecule has 2 heteroatoms. The third kappa shape index (κ3) is 3.20. The Labute approximate surface area is 221 Å². The van der Waals surface area contributed by atoms with E-state index in [-0.39, 0.29) is 5.92 Å². The normalized spacial score (nSPS) is 15.8. The van der Waals surface area contributed by atoms with Crippen LogP contribution in [0.3, 0.4) is 0 Å². The number of hydrogen-bond acceptors (Lipinski definition) is 2. The molecule has 0 spiro atoms. The molecule has 0 saturated heterocycles. The van der Waals surface area contributed by atoms with E-state index in [2.05, 4.69) is 138 Å².